The maximum Gasteiger partial charge on any atom is 0.275 e. The third-order valence-corrected chi connectivity index (χ3v) is 3.96. The Morgan fingerprint density at radius 3 is 2.46 bits per heavy atom. The number of anilines is 2. The maximum absolute atomic E-state index is 12.5. The van der Waals surface area contributed by atoms with E-state index < -0.39 is 0 Å². The van der Waals surface area contributed by atoms with Crippen LogP contribution in [0.25, 0.3) is 0 Å². The Labute approximate surface area is 156 Å². The Hall–Kier alpha value is -2.47. The first-order valence-corrected chi connectivity index (χ1v) is 8.89. The van der Waals surface area contributed by atoms with Gasteiger partial charge in [0.1, 0.15) is 11.5 Å². The number of hydrogen-bond donors (Lipinski definition) is 2. The molecule has 2 N–H and O–H groups in total. The van der Waals surface area contributed by atoms with Gasteiger partial charge in [-0.2, -0.15) is 0 Å². The molecule has 0 saturated heterocycles. The van der Waals surface area contributed by atoms with Crippen LogP contribution in [0.5, 0.6) is 0 Å². The van der Waals surface area contributed by atoms with Crippen LogP contribution in [0.15, 0.2) is 36.7 Å². The molecule has 0 saturated carbocycles. The molecule has 140 valence electrons. The standard InChI is InChI=1S/C20H29N5O/c1-20(2,3)15-9-6-7-10-16(15)24-19(26)17-13-23-18(14-22-17)21-11-8-12-25(4)5/h6-7,9-10,13-14H,8,11-12H2,1-5H3,(H,21,23)(H,24,26). The number of nitrogens with one attached hydrogen (secondary N) is 2. The number of carbonyl (C=O) groups is 1. The average Bonchev–Trinajstić information content (AvgIpc) is 2.58. The number of amides is 1. The summed E-state index contributed by atoms with van der Waals surface area (Å²) >= 11 is 0. The van der Waals surface area contributed by atoms with Crippen molar-refractivity contribution in [3.8, 4) is 0 Å². The van der Waals surface area contributed by atoms with Crippen molar-refractivity contribution in [3.63, 3.8) is 0 Å². The lowest BCUT2D eigenvalue weighted by Crippen LogP contribution is -2.20. The molecule has 1 aromatic carbocycles. The molecule has 0 spiro atoms. The molecule has 0 unspecified atom stereocenters. The van der Waals surface area contributed by atoms with Gasteiger partial charge in [-0.1, -0.05) is 39.0 Å². The van der Waals surface area contributed by atoms with Crippen LogP contribution in [0.2, 0.25) is 0 Å². The van der Waals surface area contributed by atoms with Gasteiger partial charge in [0, 0.05) is 12.2 Å². The van der Waals surface area contributed by atoms with Crippen molar-refractivity contribution in [2.24, 2.45) is 0 Å². The molecule has 2 rings (SSSR count). The van der Waals surface area contributed by atoms with E-state index in [-0.39, 0.29) is 11.3 Å². The molecule has 0 aliphatic rings. The summed E-state index contributed by atoms with van der Waals surface area (Å²) in [5, 5.41) is 6.16. The highest BCUT2D eigenvalue weighted by Crippen LogP contribution is 2.29. The van der Waals surface area contributed by atoms with E-state index >= 15 is 0 Å². The highest BCUT2D eigenvalue weighted by molar-refractivity contribution is 6.03. The van der Waals surface area contributed by atoms with E-state index in [0.717, 1.165) is 30.8 Å². The number of carbonyl (C=O) groups excluding carboxylic acids is 1. The number of nitrogens with zero attached hydrogens (tertiary/aromatic N) is 3. The molecule has 1 amide bonds. The van der Waals surface area contributed by atoms with Crippen LogP contribution in [0.1, 0.15) is 43.2 Å². The van der Waals surface area contributed by atoms with Gasteiger partial charge in [0.15, 0.2) is 0 Å². The minimum absolute atomic E-state index is 0.0596. The minimum Gasteiger partial charge on any atom is -0.369 e. The molecule has 1 aromatic heterocycles. The second-order valence-electron chi connectivity index (χ2n) is 7.62. The van der Waals surface area contributed by atoms with E-state index in [1.54, 1.807) is 6.20 Å². The normalized spacial score (nSPS) is 11.5. The third-order valence-electron chi connectivity index (χ3n) is 3.96. The zero-order valence-electron chi connectivity index (χ0n) is 16.3. The maximum atomic E-state index is 12.5. The van der Waals surface area contributed by atoms with Gasteiger partial charge in [0.25, 0.3) is 5.91 Å². The largest absolute Gasteiger partial charge is 0.369 e. The third kappa shape index (κ3) is 5.81. The lowest BCUT2D eigenvalue weighted by Gasteiger charge is -2.22. The van der Waals surface area contributed by atoms with Gasteiger partial charge >= 0.3 is 0 Å². The van der Waals surface area contributed by atoms with Crippen LogP contribution >= 0.6 is 0 Å². The Bertz CT molecular complexity index is 720. The molecule has 6 heteroatoms. The number of benzene rings is 1. The van der Waals surface area contributed by atoms with Gasteiger partial charge in [0.05, 0.1) is 12.4 Å². The fourth-order valence-electron chi connectivity index (χ4n) is 2.58. The van der Waals surface area contributed by atoms with Crippen LogP contribution in [-0.4, -0.2) is 48.0 Å². The molecular formula is C20H29N5O. The number of rotatable bonds is 7. The molecular weight excluding hydrogens is 326 g/mol. The van der Waals surface area contributed by atoms with Crippen molar-refractivity contribution < 1.29 is 4.79 Å². The quantitative estimate of drug-likeness (QED) is 0.745. The predicted molar refractivity (Wildman–Crippen MR) is 107 cm³/mol. The van der Waals surface area contributed by atoms with E-state index in [1.165, 1.54) is 6.20 Å². The van der Waals surface area contributed by atoms with Crippen LogP contribution in [-0.2, 0) is 5.41 Å². The monoisotopic (exact) mass is 355 g/mol. The molecule has 0 bridgehead atoms. The number of aromatic nitrogens is 2. The molecule has 2 aromatic rings. The smallest absolute Gasteiger partial charge is 0.275 e. The van der Waals surface area contributed by atoms with Crippen LogP contribution in [0, 0.1) is 0 Å². The van der Waals surface area contributed by atoms with Gasteiger partial charge in [-0.05, 0) is 44.1 Å². The zero-order chi connectivity index (χ0) is 19.2. The summed E-state index contributed by atoms with van der Waals surface area (Å²) in [7, 11) is 4.09. The summed E-state index contributed by atoms with van der Waals surface area (Å²) in [5.74, 6) is 0.420. The molecule has 26 heavy (non-hydrogen) atoms. The van der Waals surface area contributed by atoms with Gasteiger partial charge < -0.3 is 15.5 Å². The fraction of sp³-hybridized carbons (Fsp3) is 0.450. The topological polar surface area (TPSA) is 70.2 Å². The van der Waals surface area contributed by atoms with E-state index in [2.05, 4.69) is 46.3 Å². The molecule has 0 atom stereocenters. The van der Waals surface area contributed by atoms with Crippen molar-refractivity contribution in [1.82, 2.24) is 14.9 Å². The second-order valence-corrected chi connectivity index (χ2v) is 7.62. The SMILES string of the molecule is CN(C)CCCNc1cnc(C(=O)Nc2ccccc2C(C)(C)C)cn1. The molecule has 0 radical (unpaired) electrons. The Balaban J connectivity index is 1.99. The minimum atomic E-state index is -0.256. The fourth-order valence-corrected chi connectivity index (χ4v) is 2.58. The lowest BCUT2D eigenvalue weighted by molar-refractivity contribution is 0.102. The van der Waals surface area contributed by atoms with Crippen molar-refractivity contribution >= 4 is 17.4 Å². The number of para-hydroxylation sites is 1. The molecule has 0 aliphatic carbocycles. The van der Waals surface area contributed by atoms with Crippen molar-refractivity contribution in [2.75, 3.05) is 37.8 Å². The predicted octanol–water partition coefficient (Wildman–Crippen LogP) is 3.39. The summed E-state index contributed by atoms with van der Waals surface area (Å²) in [6.07, 6.45) is 4.12. The molecule has 0 aliphatic heterocycles. The molecule has 1 heterocycles. The van der Waals surface area contributed by atoms with Crippen LogP contribution in [0.4, 0.5) is 11.5 Å². The van der Waals surface area contributed by atoms with Gasteiger partial charge in [-0.3, -0.25) is 4.79 Å². The first-order chi connectivity index (χ1) is 12.3. The van der Waals surface area contributed by atoms with E-state index in [9.17, 15) is 4.79 Å². The highest BCUT2D eigenvalue weighted by atomic mass is 16.1. The van der Waals surface area contributed by atoms with Crippen molar-refractivity contribution in [2.45, 2.75) is 32.6 Å². The van der Waals surface area contributed by atoms with E-state index in [0.29, 0.717) is 11.5 Å². The summed E-state index contributed by atoms with van der Waals surface area (Å²) in [6.45, 7) is 8.18. The van der Waals surface area contributed by atoms with Crippen LogP contribution in [0.3, 0.4) is 0 Å². The van der Waals surface area contributed by atoms with Crippen molar-refractivity contribution in [1.29, 1.82) is 0 Å². The Kier molecular flexibility index (Phi) is 6.69. The highest BCUT2D eigenvalue weighted by Gasteiger charge is 2.19. The van der Waals surface area contributed by atoms with Gasteiger partial charge in [-0.25, -0.2) is 9.97 Å². The first-order valence-electron chi connectivity index (χ1n) is 8.89. The summed E-state index contributed by atoms with van der Waals surface area (Å²) in [5.41, 5.74) is 2.13. The van der Waals surface area contributed by atoms with E-state index in [1.807, 2.05) is 38.4 Å². The van der Waals surface area contributed by atoms with Gasteiger partial charge in [0.2, 0.25) is 0 Å². The van der Waals surface area contributed by atoms with E-state index in [4.69, 9.17) is 0 Å². The Morgan fingerprint density at radius 2 is 1.85 bits per heavy atom. The van der Waals surface area contributed by atoms with Crippen LogP contribution < -0.4 is 10.6 Å². The second kappa shape index (κ2) is 8.76. The summed E-state index contributed by atoms with van der Waals surface area (Å²) in [6, 6.07) is 7.83. The average molecular weight is 355 g/mol. The molecule has 0 fully saturated rings. The summed E-state index contributed by atoms with van der Waals surface area (Å²) < 4.78 is 0. The zero-order valence-corrected chi connectivity index (χ0v) is 16.3. The van der Waals surface area contributed by atoms with Crippen molar-refractivity contribution in [3.05, 3.63) is 47.9 Å². The number of hydrogen-bond acceptors (Lipinski definition) is 5. The van der Waals surface area contributed by atoms with Gasteiger partial charge in [-0.15, -0.1) is 0 Å². The summed E-state index contributed by atoms with van der Waals surface area (Å²) in [4.78, 5) is 23.1. The molecule has 6 nitrogen and oxygen atoms in total. The first kappa shape index (κ1) is 19.8. The Morgan fingerprint density at radius 1 is 1.12 bits per heavy atom. The lowest BCUT2D eigenvalue weighted by atomic mass is 9.86.